The van der Waals surface area contributed by atoms with Crippen LogP contribution in [0.15, 0.2) is 23.1 Å². The minimum Gasteiger partial charge on any atom is -0.468 e. The highest BCUT2D eigenvalue weighted by Gasteiger charge is 2.19. The van der Waals surface area contributed by atoms with E-state index < -0.39 is 0 Å². The molecule has 21 heavy (non-hydrogen) atoms. The van der Waals surface area contributed by atoms with Gasteiger partial charge in [-0.25, -0.2) is 0 Å². The van der Waals surface area contributed by atoms with Gasteiger partial charge in [0.25, 0.3) is 0 Å². The molecule has 114 valence electrons. The van der Waals surface area contributed by atoms with Crippen LogP contribution >= 0.6 is 0 Å². The summed E-state index contributed by atoms with van der Waals surface area (Å²) in [4.78, 5) is 2.39. The summed E-state index contributed by atoms with van der Waals surface area (Å²) in [7, 11) is 0. The van der Waals surface area contributed by atoms with Crippen LogP contribution in [0.25, 0.3) is 0 Å². The van der Waals surface area contributed by atoms with E-state index in [0.717, 1.165) is 50.9 Å². The quantitative estimate of drug-likeness (QED) is 0.876. The topological polar surface area (TPSA) is 59.1 Å². The predicted octanol–water partition coefficient (Wildman–Crippen LogP) is 1.63. The fourth-order valence-corrected chi connectivity index (χ4v) is 2.63. The van der Waals surface area contributed by atoms with Crippen LogP contribution in [0.5, 0.6) is 0 Å². The summed E-state index contributed by atoms with van der Waals surface area (Å²) in [6, 6.07) is 2.08. The molecule has 0 saturated carbocycles. The Balaban J connectivity index is 1.57. The molecule has 0 saturated heterocycles. The summed E-state index contributed by atoms with van der Waals surface area (Å²) in [5.41, 5.74) is 1.26. The summed E-state index contributed by atoms with van der Waals surface area (Å²) in [5, 5.41) is 11.6. The van der Waals surface area contributed by atoms with Crippen molar-refractivity contribution in [3.05, 3.63) is 35.8 Å². The summed E-state index contributed by atoms with van der Waals surface area (Å²) >= 11 is 0. The first-order valence-corrected chi connectivity index (χ1v) is 7.57. The minimum absolute atomic E-state index is 0.650. The van der Waals surface area contributed by atoms with Crippen molar-refractivity contribution in [1.82, 2.24) is 25.0 Å². The van der Waals surface area contributed by atoms with Crippen LogP contribution < -0.4 is 5.32 Å². The third kappa shape index (κ3) is 3.51. The maximum atomic E-state index is 5.62. The lowest BCUT2D eigenvalue weighted by atomic mass is 10.2. The zero-order valence-electron chi connectivity index (χ0n) is 12.7. The molecule has 0 spiro atoms. The molecule has 0 fully saturated rings. The van der Waals surface area contributed by atoms with E-state index in [1.165, 1.54) is 5.56 Å². The van der Waals surface area contributed by atoms with Crippen LogP contribution in [0.4, 0.5) is 0 Å². The molecule has 0 radical (unpaired) electrons. The van der Waals surface area contributed by atoms with E-state index in [1.54, 1.807) is 6.26 Å². The third-order valence-corrected chi connectivity index (χ3v) is 3.79. The average molecular weight is 289 g/mol. The van der Waals surface area contributed by atoms with Gasteiger partial charge in [-0.15, -0.1) is 10.2 Å². The van der Waals surface area contributed by atoms with Gasteiger partial charge in [-0.3, -0.25) is 4.90 Å². The number of nitrogens with one attached hydrogen (secondary N) is 1. The highest BCUT2D eigenvalue weighted by atomic mass is 16.3. The van der Waals surface area contributed by atoms with Crippen molar-refractivity contribution in [2.75, 3.05) is 13.1 Å². The van der Waals surface area contributed by atoms with Gasteiger partial charge in [0.2, 0.25) is 0 Å². The summed E-state index contributed by atoms with van der Waals surface area (Å²) < 4.78 is 7.74. The van der Waals surface area contributed by atoms with E-state index in [1.807, 2.05) is 6.33 Å². The number of hydrogen-bond donors (Lipinski definition) is 1. The molecule has 0 aliphatic carbocycles. The van der Waals surface area contributed by atoms with Gasteiger partial charge in [-0.2, -0.15) is 0 Å². The standard InChI is InChI=1S/C15H23N5O/c1-12(2)7-16-8-14-13(3-6-21-14)9-19-4-5-20-11-17-18-15(20)10-19/h3,6,11-12,16H,4-5,7-10H2,1-2H3. The van der Waals surface area contributed by atoms with Gasteiger partial charge in [0.1, 0.15) is 17.9 Å². The third-order valence-electron chi connectivity index (χ3n) is 3.79. The molecule has 3 heterocycles. The Morgan fingerprint density at radius 3 is 3.14 bits per heavy atom. The molecule has 6 nitrogen and oxygen atoms in total. The first-order valence-electron chi connectivity index (χ1n) is 7.57. The largest absolute Gasteiger partial charge is 0.468 e. The maximum absolute atomic E-state index is 5.62. The molecule has 0 atom stereocenters. The van der Waals surface area contributed by atoms with Gasteiger partial charge in [-0.05, 0) is 18.5 Å². The van der Waals surface area contributed by atoms with Crippen LogP contribution in [0.1, 0.15) is 31.0 Å². The van der Waals surface area contributed by atoms with E-state index in [4.69, 9.17) is 4.42 Å². The highest BCUT2D eigenvalue weighted by Crippen LogP contribution is 2.17. The van der Waals surface area contributed by atoms with Gasteiger partial charge >= 0.3 is 0 Å². The van der Waals surface area contributed by atoms with Gasteiger partial charge in [0, 0.05) is 25.2 Å². The SMILES string of the molecule is CC(C)CNCc1occc1CN1CCn2cnnc2C1. The number of nitrogens with zero attached hydrogens (tertiary/aromatic N) is 4. The zero-order chi connectivity index (χ0) is 14.7. The molecule has 6 heteroatoms. The lowest BCUT2D eigenvalue weighted by Crippen LogP contribution is -2.33. The van der Waals surface area contributed by atoms with E-state index in [9.17, 15) is 0 Å². The molecular formula is C15H23N5O. The molecular weight excluding hydrogens is 266 g/mol. The van der Waals surface area contributed by atoms with E-state index in [2.05, 4.69) is 44.9 Å². The predicted molar refractivity (Wildman–Crippen MR) is 79.4 cm³/mol. The second-order valence-electron chi connectivity index (χ2n) is 6.04. The molecule has 2 aromatic heterocycles. The zero-order valence-corrected chi connectivity index (χ0v) is 12.7. The van der Waals surface area contributed by atoms with E-state index in [0.29, 0.717) is 5.92 Å². The Labute approximate surface area is 125 Å². The summed E-state index contributed by atoms with van der Waals surface area (Å²) in [5.74, 6) is 2.74. The first-order chi connectivity index (χ1) is 10.2. The number of furan rings is 1. The molecule has 1 aliphatic heterocycles. The fraction of sp³-hybridized carbons (Fsp3) is 0.600. The van der Waals surface area contributed by atoms with Crippen molar-refractivity contribution >= 4 is 0 Å². The van der Waals surface area contributed by atoms with Crippen molar-refractivity contribution in [2.45, 2.75) is 40.0 Å². The second-order valence-corrected chi connectivity index (χ2v) is 6.04. The van der Waals surface area contributed by atoms with E-state index in [-0.39, 0.29) is 0 Å². The molecule has 0 bridgehead atoms. The highest BCUT2D eigenvalue weighted by molar-refractivity contribution is 5.17. The molecule has 0 aromatic carbocycles. The second kappa shape index (κ2) is 6.41. The molecule has 0 unspecified atom stereocenters. The Kier molecular flexibility index (Phi) is 4.36. The normalized spacial score (nSPS) is 15.6. The van der Waals surface area contributed by atoms with Crippen molar-refractivity contribution < 1.29 is 4.42 Å². The Hall–Kier alpha value is -1.66. The first kappa shape index (κ1) is 14.3. The van der Waals surface area contributed by atoms with Gasteiger partial charge < -0.3 is 14.3 Å². The van der Waals surface area contributed by atoms with Gasteiger partial charge in [-0.1, -0.05) is 13.8 Å². The van der Waals surface area contributed by atoms with Crippen molar-refractivity contribution in [3.8, 4) is 0 Å². The fourth-order valence-electron chi connectivity index (χ4n) is 2.63. The molecule has 1 N–H and O–H groups in total. The van der Waals surface area contributed by atoms with Crippen molar-refractivity contribution in [2.24, 2.45) is 5.92 Å². The molecule has 0 amide bonds. The number of rotatable bonds is 6. The Morgan fingerprint density at radius 1 is 1.38 bits per heavy atom. The lowest BCUT2D eigenvalue weighted by Gasteiger charge is -2.26. The lowest BCUT2D eigenvalue weighted by molar-refractivity contribution is 0.207. The van der Waals surface area contributed by atoms with Crippen molar-refractivity contribution in [3.63, 3.8) is 0 Å². The van der Waals surface area contributed by atoms with Crippen molar-refractivity contribution in [1.29, 1.82) is 0 Å². The monoisotopic (exact) mass is 289 g/mol. The average Bonchev–Trinajstić information content (AvgIpc) is 3.07. The van der Waals surface area contributed by atoms with Crippen LogP contribution in [-0.2, 0) is 26.2 Å². The maximum Gasteiger partial charge on any atom is 0.147 e. The smallest absolute Gasteiger partial charge is 0.147 e. The Bertz CT molecular complexity index is 574. The van der Waals surface area contributed by atoms with Gasteiger partial charge in [0.05, 0.1) is 19.4 Å². The van der Waals surface area contributed by atoms with E-state index >= 15 is 0 Å². The summed E-state index contributed by atoms with van der Waals surface area (Å²) in [6.45, 7) is 9.96. The number of fused-ring (bicyclic) bond motifs is 1. The van der Waals surface area contributed by atoms with Crippen LogP contribution in [0.3, 0.4) is 0 Å². The number of aromatic nitrogens is 3. The van der Waals surface area contributed by atoms with Crippen LogP contribution in [0.2, 0.25) is 0 Å². The minimum atomic E-state index is 0.650. The van der Waals surface area contributed by atoms with Crippen LogP contribution in [0, 0.1) is 5.92 Å². The number of hydrogen-bond acceptors (Lipinski definition) is 5. The molecule has 2 aromatic rings. The Morgan fingerprint density at radius 2 is 2.29 bits per heavy atom. The van der Waals surface area contributed by atoms with Crippen LogP contribution in [-0.4, -0.2) is 32.8 Å². The molecule has 1 aliphatic rings. The van der Waals surface area contributed by atoms with Gasteiger partial charge in [0.15, 0.2) is 0 Å². The molecule has 3 rings (SSSR count). The summed E-state index contributed by atoms with van der Waals surface area (Å²) in [6.07, 6.45) is 3.60.